The van der Waals surface area contributed by atoms with Gasteiger partial charge in [-0.05, 0) is 48.6 Å². The van der Waals surface area contributed by atoms with E-state index in [1.807, 2.05) is 18.3 Å². The van der Waals surface area contributed by atoms with Crippen LogP contribution >= 0.6 is 0 Å². The Labute approximate surface area is 213 Å². The maximum atomic E-state index is 6.28. The van der Waals surface area contributed by atoms with Crippen LogP contribution in [0, 0.1) is 12.8 Å². The second-order valence-electron chi connectivity index (χ2n) is 9.95. The number of aromatic nitrogens is 3. The molecule has 0 aliphatic heterocycles. The van der Waals surface area contributed by atoms with Gasteiger partial charge in [-0.3, -0.25) is 4.98 Å². The van der Waals surface area contributed by atoms with Crippen molar-refractivity contribution in [2.24, 2.45) is 13.0 Å². The number of fused-ring (bicyclic) bond motifs is 4. The van der Waals surface area contributed by atoms with Crippen molar-refractivity contribution in [1.82, 2.24) is 9.55 Å². The molecule has 0 unspecified atom stereocenters. The van der Waals surface area contributed by atoms with Gasteiger partial charge in [-0.25, -0.2) is 4.57 Å². The second kappa shape index (κ2) is 9.42. The maximum absolute atomic E-state index is 6.28. The summed E-state index contributed by atoms with van der Waals surface area (Å²) >= 11 is 0. The highest BCUT2D eigenvalue weighted by Crippen LogP contribution is 2.38. The monoisotopic (exact) mass is 478 g/mol. The van der Waals surface area contributed by atoms with E-state index in [9.17, 15) is 0 Å². The number of para-hydroxylation sites is 1. The molecule has 0 bridgehead atoms. The normalized spacial score (nSPS) is 12.8. The zero-order valence-corrected chi connectivity index (χ0v) is 22.4. The van der Waals surface area contributed by atoms with Crippen molar-refractivity contribution in [1.29, 1.82) is 0 Å². The molecule has 0 N–H and O–H groups in total. The van der Waals surface area contributed by atoms with E-state index >= 15 is 0 Å². The van der Waals surface area contributed by atoms with Crippen LogP contribution in [0.2, 0.25) is 0 Å². The zero-order chi connectivity index (χ0) is 25.6. The summed E-state index contributed by atoms with van der Waals surface area (Å²) in [7, 11) is 2.18. The molecule has 0 atom stereocenters. The van der Waals surface area contributed by atoms with Crippen LogP contribution < -0.4 is 4.57 Å². The van der Waals surface area contributed by atoms with E-state index < -0.39 is 0 Å². The molecule has 36 heavy (non-hydrogen) atoms. The molecule has 0 saturated carbocycles. The minimum Gasteiger partial charge on any atom is -0.456 e. The number of aryl methyl sites for hydroxylation is 3. The molecule has 0 radical (unpaired) electrons. The first kappa shape index (κ1) is 24.1. The number of hydrogen-bond acceptors (Lipinski definition) is 2. The predicted molar refractivity (Wildman–Crippen MR) is 151 cm³/mol. The highest BCUT2D eigenvalue weighted by atomic mass is 16.3. The van der Waals surface area contributed by atoms with Gasteiger partial charge in [0.1, 0.15) is 16.9 Å². The van der Waals surface area contributed by atoms with Gasteiger partial charge in [0.05, 0.1) is 18.3 Å². The lowest BCUT2D eigenvalue weighted by Gasteiger charge is -2.15. The molecule has 0 saturated heterocycles. The van der Waals surface area contributed by atoms with E-state index in [4.69, 9.17) is 9.40 Å². The Kier molecular flexibility index (Phi) is 6.29. The smallest absolute Gasteiger partial charge is 0.294 e. The van der Waals surface area contributed by atoms with E-state index in [2.05, 4.69) is 93.8 Å². The Morgan fingerprint density at radius 1 is 1.11 bits per heavy atom. The third kappa shape index (κ3) is 3.67. The molecule has 4 nitrogen and oxygen atoms in total. The molecule has 5 rings (SSSR count). The minimum atomic E-state index is 0.362. The summed E-state index contributed by atoms with van der Waals surface area (Å²) in [6.07, 6.45) is 6.88. The van der Waals surface area contributed by atoms with Crippen molar-refractivity contribution in [2.45, 2.75) is 53.9 Å². The van der Waals surface area contributed by atoms with Crippen molar-refractivity contribution in [3.05, 3.63) is 78.1 Å². The van der Waals surface area contributed by atoms with Crippen LogP contribution in [0.4, 0.5) is 0 Å². The van der Waals surface area contributed by atoms with Crippen molar-refractivity contribution >= 4 is 38.7 Å². The van der Waals surface area contributed by atoms with Crippen LogP contribution in [0.5, 0.6) is 0 Å². The lowest BCUT2D eigenvalue weighted by atomic mass is 9.97. The first-order chi connectivity index (χ1) is 17.4. The summed E-state index contributed by atoms with van der Waals surface area (Å²) in [5.41, 5.74) is 10.3. The van der Waals surface area contributed by atoms with Crippen LogP contribution in [0.25, 0.3) is 50.1 Å². The van der Waals surface area contributed by atoms with Gasteiger partial charge in [-0.1, -0.05) is 65.0 Å². The van der Waals surface area contributed by atoms with E-state index in [-0.39, 0.29) is 0 Å². The third-order valence-corrected chi connectivity index (χ3v) is 7.34. The molecule has 0 fully saturated rings. The average molecular weight is 479 g/mol. The Bertz CT molecular complexity index is 1650. The van der Waals surface area contributed by atoms with Crippen molar-refractivity contribution in [3.63, 3.8) is 0 Å². The fourth-order valence-electron chi connectivity index (χ4n) is 5.70. The quantitative estimate of drug-likeness (QED) is 0.175. The van der Waals surface area contributed by atoms with Gasteiger partial charge in [0.2, 0.25) is 5.52 Å². The summed E-state index contributed by atoms with van der Waals surface area (Å²) < 4.78 is 11.1. The van der Waals surface area contributed by atoms with Crippen molar-refractivity contribution < 1.29 is 8.98 Å². The molecule has 3 aromatic heterocycles. The van der Waals surface area contributed by atoms with Gasteiger partial charge in [-0.2, -0.15) is 4.57 Å². The van der Waals surface area contributed by atoms with Gasteiger partial charge < -0.3 is 4.42 Å². The number of pyridine rings is 1. The topological polar surface area (TPSA) is 34.8 Å². The standard InChI is InChI=1S/C32H36N3O/c1-8-13-22-18-30-26(24-14-11-12-15-29(24)36-30)19-25(22)32-34(7)28-16-17-33-21(6)31(28)35(32)27(10-3)23(9-2)20(4)5/h9,11-12,14-20H,2,8,10,13H2,1,3-7H3/q+1/b27-23-. The van der Waals surface area contributed by atoms with Gasteiger partial charge in [0, 0.05) is 29.5 Å². The van der Waals surface area contributed by atoms with Gasteiger partial charge in [0.25, 0.3) is 5.82 Å². The van der Waals surface area contributed by atoms with Crippen LogP contribution in [-0.2, 0) is 13.5 Å². The fraction of sp³-hybridized carbons (Fsp3) is 0.312. The highest BCUT2D eigenvalue weighted by Gasteiger charge is 2.31. The van der Waals surface area contributed by atoms with Crippen LogP contribution in [0.15, 0.2) is 71.3 Å². The van der Waals surface area contributed by atoms with Gasteiger partial charge in [-0.15, -0.1) is 0 Å². The van der Waals surface area contributed by atoms with Crippen LogP contribution in [-0.4, -0.2) is 9.55 Å². The summed E-state index contributed by atoms with van der Waals surface area (Å²) in [6, 6.07) is 15.1. The second-order valence-corrected chi connectivity index (χ2v) is 9.95. The predicted octanol–water partition coefficient (Wildman–Crippen LogP) is 8.15. The Morgan fingerprint density at radius 3 is 2.58 bits per heavy atom. The SMILES string of the molecule is C=C/C(=C(\CC)n1c(-c2cc3c(cc2CCC)oc2ccccc23)[n+](C)c2ccnc(C)c21)C(C)C. The Morgan fingerprint density at radius 2 is 1.89 bits per heavy atom. The Balaban J connectivity index is 1.98. The first-order valence-corrected chi connectivity index (χ1v) is 13.1. The maximum Gasteiger partial charge on any atom is 0.294 e. The van der Waals surface area contributed by atoms with Crippen molar-refractivity contribution in [2.75, 3.05) is 0 Å². The molecule has 0 aliphatic carbocycles. The lowest BCUT2D eigenvalue weighted by molar-refractivity contribution is -0.633. The molecular formula is C32H36N3O+. The molecule has 0 amide bonds. The van der Waals surface area contributed by atoms with E-state index in [1.165, 1.54) is 33.7 Å². The highest BCUT2D eigenvalue weighted by molar-refractivity contribution is 6.06. The largest absolute Gasteiger partial charge is 0.456 e. The molecule has 5 aromatic rings. The number of nitrogens with zero attached hydrogens (tertiary/aromatic N) is 3. The number of furan rings is 1. The minimum absolute atomic E-state index is 0.362. The molecule has 3 heterocycles. The molecule has 184 valence electrons. The zero-order valence-electron chi connectivity index (χ0n) is 22.4. The number of allylic oxidation sites excluding steroid dienone is 3. The number of hydrogen-bond donors (Lipinski definition) is 0. The van der Waals surface area contributed by atoms with Gasteiger partial charge >= 0.3 is 0 Å². The van der Waals surface area contributed by atoms with Crippen molar-refractivity contribution in [3.8, 4) is 11.4 Å². The van der Waals surface area contributed by atoms with E-state index in [1.54, 1.807) is 0 Å². The summed E-state index contributed by atoms with van der Waals surface area (Å²) in [4.78, 5) is 4.71. The Hall–Kier alpha value is -3.66. The van der Waals surface area contributed by atoms with Gasteiger partial charge in [0.15, 0.2) is 5.52 Å². The number of benzene rings is 2. The van der Waals surface area contributed by atoms with Crippen LogP contribution in [0.1, 0.15) is 51.8 Å². The number of rotatable bonds is 7. The van der Waals surface area contributed by atoms with Crippen LogP contribution in [0.3, 0.4) is 0 Å². The molecular weight excluding hydrogens is 442 g/mol. The summed E-state index contributed by atoms with van der Waals surface area (Å²) in [6.45, 7) is 15.3. The molecule has 4 heteroatoms. The average Bonchev–Trinajstić information content (AvgIpc) is 3.37. The summed E-state index contributed by atoms with van der Waals surface area (Å²) in [5.74, 6) is 1.54. The fourth-order valence-corrected chi connectivity index (χ4v) is 5.70. The molecule has 0 aliphatic rings. The van der Waals surface area contributed by atoms with E-state index in [0.717, 1.165) is 52.4 Å². The molecule has 2 aromatic carbocycles. The molecule has 0 spiro atoms. The summed E-state index contributed by atoms with van der Waals surface area (Å²) in [5, 5.41) is 2.31. The van der Waals surface area contributed by atoms with E-state index in [0.29, 0.717) is 5.92 Å². The number of imidazole rings is 1. The third-order valence-electron chi connectivity index (χ3n) is 7.34. The first-order valence-electron chi connectivity index (χ1n) is 13.1. The lowest BCUT2D eigenvalue weighted by Crippen LogP contribution is -2.30.